The number of carbonyl (C=O) groups excluding carboxylic acids is 1. The van der Waals surface area contributed by atoms with Gasteiger partial charge in [0.2, 0.25) is 5.91 Å². The maximum Gasteiger partial charge on any atom is 0.237 e. The monoisotopic (exact) mass is 433 g/mol. The molecule has 0 unspecified atom stereocenters. The summed E-state index contributed by atoms with van der Waals surface area (Å²) in [6.45, 7) is 9.65. The molecule has 30 heavy (non-hydrogen) atoms. The Labute approximate surface area is 186 Å². The van der Waals surface area contributed by atoms with Crippen molar-refractivity contribution in [3.63, 3.8) is 0 Å². The first kappa shape index (κ1) is 21.9. The topological polar surface area (TPSA) is 44.8 Å². The Balaban J connectivity index is 1.15. The third-order valence-corrected chi connectivity index (χ3v) is 7.88. The third kappa shape index (κ3) is 5.30. The molecule has 166 valence electrons. The molecule has 1 saturated heterocycles. The molecular formula is C24H36ClN3O2. The molecule has 1 amide bonds. The Morgan fingerprint density at radius 1 is 1.13 bits per heavy atom. The first-order valence-electron chi connectivity index (χ1n) is 11.6. The summed E-state index contributed by atoms with van der Waals surface area (Å²) < 4.78 is 5.81. The summed E-state index contributed by atoms with van der Waals surface area (Å²) >= 11 is 5.91. The van der Waals surface area contributed by atoms with Crippen LogP contribution in [0.5, 0.6) is 5.75 Å². The fourth-order valence-electron chi connectivity index (χ4n) is 5.72. The number of piperazine rings is 1. The highest BCUT2D eigenvalue weighted by molar-refractivity contribution is 6.30. The zero-order valence-electron chi connectivity index (χ0n) is 18.4. The number of rotatable bonds is 8. The Morgan fingerprint density at radius 2 is 1.87 bits per heavy atom. The summed E-state index contributed by atoms with van der Waals surface area (Å²) in [5, 5.41) is 4.07. The van der Waals surface area contributed by atoms with E-state index in [1.54, 1.807) is 0 Å². The average molecular weight is 434 g/mol. The van der Waals surface area contributed by atoms with Crippen LogP contribution in [-0.4, -0.2) is 67.1 Å². The molecular weight excluding hydrogens is 398 g/mol. The number of nitrogens with one attached hydrogen (secondary N) is 1. The minimum absolute atomic E-state index is 0.0569. The van der Waals surface area contributed by atoms with E-state index in [0.717, 1.165) is 55.3 Å². The van der Waals surface area contributed by atoms with Gasteiger partial charge in [-0.15, -0.1) is 0 Å². The minimum Gasteiger partial charge on any atom is -0.492 e. The lowest BCUT2D eigenvalue weighted by molar-refractivity contribution is -0.127. The van der Waals surface area contributed by atoms with Crippen molar-refractivity contribution in [3.05, 3.63) is 29.3 Å². The number of halogens is 1. The zero-order valence-corrected chi connectivity index (χ0v) is 19.1. The van der Waals surface area contributed by atoms with Gasteiger partial charge in [-0.2, -0.15) is 0 Å². The summed E-state index contributed by atoms with van der Waals surface area (Å²) in [4.78, 5) is 17.6. The van der Waals surface area contributed by atoms with Crippen molar-refractivity contribution < 1.29 is 9.53 Å². The second-order valence-corrected chi connectivity index (χ2v) is 9.93. The number of ether oxygens (including phenoxy) is 1. The molecule has 6 heteroatoms. The highest BCUT2D eigenvalue weighted by Gasteiger charge is 2.42. The summed E-state index contributed by atoms with van der Waals surface area (Å²) in [6.07, 6.45) is 5.49. The number of amides is 1. The van der Waals surface area contributed by atoms with Gasteiger partial charge in [0, 0.05) is 43.8 Å². The first-order chi connectivity index (χ1) is 14.5. The molecule has 0 spiro atoms. The van der Waals surface area contributed by atoms with Crippen LogP contribution in [0.15, 0.2) is 24.3 Å². The quantitative estimate of drug-likeness (QED) is 0.679. The molecule has 3 aliphatic rings. The van der Waals surface area contributed by atoms with E-state index in [4.69, 9.17) is 16.3 Å². The van der Waals surface area contributed by atoms with Crippen molar-refractivity contribution in [2.75, 3.05) is 39.3 Å². The van der Waals surface area contributed by atoms with Crippen molar-refractivity contribution in [2.45, 2.75) is 51.6 Å². The van der Waals surface area contributed by atoms with E-state index in [1.165, 1.54) is 25.7 Å². The fourth-order valence-corrected chi connectivity index (χ4v) is 5.85. The summed E-state index contributed by atoms with van der Waals surface area (Å²) in [5.41, 5.74) is 0. The van der Waals surface area contributed by atoms with Crippen LogP contribution in [0, 0.1) is 17.8 Å². The van der Waals surface area contributed by atoms with E-state index >= 15 is 0 Å². The number of carbonyl (C=O) groups is 1. The third-order valence-electron chi connectivity index (χ3n) is 7.63. The summed E-state index contributed by atoms with van der Waals surface area (Å²) in [7, 11) is 0. The van der Waals surface area contributed by atoms with Crippen LogP contribution < -0.4 is 10.1 Å². The predicted molar refractivity (Wildman–Crippen MR) is 121 cm³/mol. The number of hydrogen-bond donors (Lipinski definition) is 1. The van der Waals surface area contributed by atoms with Gasteiger partial charge in [0.05, 0.1) is 6.04 Å². The molecule has 5 nitrogen and oxygen atoms in total. The lowest BCUT2D eigenvalue weighted by Gasteiger charge is -2.38. The molecule has 2 saturated carbocycles. The fraction of sp³-hybridized carbons (Fsp3) is 0.708. The van der Waals surface area contributed by atoms with E-state index in [0.29, 0.717) is 18.6 Å². The van der Waals surface area contributed by atoms with Crippen molar-refractivity contribution in [1.82, 2.24) is 15.1 Å². The van der Waals surface area contributed by atoms with Crippen LogP contribution in [-0.2, 0) is 4.79 Å². The first-order valence-corrected chi connectivity index (χ1v) is 12.0. The normalized spacial score (nSPS) is 29.0. The average Bonchev–Trinajstić information content (AvgIpc) is 3.39. The second-order valence-electron chi connectivity index (χ2n) is 9.49. The van der Waals surface area contributed by atoms with E-state index in [1.807, 2.05) is 24.3 Å². The Hall–Kier alpha value is -1.30. The molecule has 5 atom stereocenters. The smallest absolute Gasteiger partial charge is 0.237 e. The van der Waals surface area contributed by atoms with Gasteiger partial charge >= 0.3 is 0 Å². The second kappa shape index (κ2) is 9.88. The molecule has 0 aromatic heterocycles. The van der Waals surface area contributed by atoms with Crippen LogP contribution in [0.3, 0.4) is 0 Å². The number of nitrogens with zero attached hydrogens (tertiary/aromatic N) is 2. The van der Waals surface area contributed by atoms with Gasteiger partial charge < -0.3 is 10.1 Å². The van der Waals surface area contributed by atoms with Crippen LogP contribution >= 0.6 is 11.6 Å². The highest BCUT2D eigenvalue weighted by atomic mass is 35.5. The lowest BCUT2D eigenvalue weighted by Crippen LogP contribution is -2.55. The molecule has 1 aromatic rings. The van der Waals surface area contributed by atoms with Crippen LogP contribution in [0.1, 0.15) is 39.5 Å². The van der Waals surface area contributed by atoms with E-state index in [2.05, 4.69) is 29.0 Å². The van der Waals surface area contributed by atoms with Crippen molar-refractivity contribution >= 4 is 17.5 Å². The van der Waals surface area contributed by atoms with Gasteiger partial charge in [-0.3, -0.25) is 14.6 Å². The Kier molecular flexibility index (Phi) is 7.22. The summed E-state index contributed by atoms with van der Waals surface area (Å²) in [6, 6.07) is 7.75. The molecule has 1 aliphatic heterocycles. The van der Waals surface area contributed by atoms with Gasteiger partial charge in [-0.25, -0.2) is 0 Å². The molecule has 3 fully saturated rings. The van der Waals surface area contributed by atoms with Crippen LogP contribution in [0.4, 0.5) is 0 Å². The Bertz CT molecular complexity index is 705. The molecule has 1 heterocycles. The molecule has 4 rings (SSSR count). The van der Waals surface area contributed by atoms with Gasteiger partial charge in [-0.05, 0) is 75.1 Å². The maximum atomic E-state index is 12.9. The van der Waals surface area contributed by atoms with E-state index in [-0.39, 0.29) is 11.9 Å². The highest BCUT2D eigenvalue weighted by Crippen LogP contribution is 2.49. The molecule has 0 radical (unpaired) electrons. The van der Waals surface area contributed by atoms with Crippen molar-refractivity contribution in [3.8, 4) is 5.75 Å². The van der Waals surface area contributed by atoms with Gasteiger partial charge in [0.1, 0.15) is 12.4 Å². The van der Waals surface area contributed by atoms with Crippen LogP contribution in [0.25, 0.3) is 0 Å². The largest absolute Gasteiger partial charge is 0.492 e. The SMILES string of the molecule is C[C@H](NC(=O)[C@H](C)N1CCN(CCOc2ccc(Cl)cc2)CC1)[C@H]1C[C@H]2CC[C@H]1C2. The lowest BCUT2D eigenvalue weighted by atomic mass is 9.84. The summed E-state index contributed by atoms with van der Waals surface area (Å²) in [5.74, 6) is 3.52. The van der Waals surface area contributed by atoms with Gasteiger partial charge in [-0.1, -0.05) is 18.0 Å². The van der Waals surface area contributed by atoms with Crippen LogP contribution in [0.2, 0.25) is 5.02 Å². The van der Waals surface area contributed by atoms with Gasteiger partial charge in [0.15, 0.2) is 0 Å². The number of hydrogen-bond acceptors (Lipinski definition) is 4. The zero-order chi connectivity index (χ0) is 21.1. The van der Waals surface area contributed by atoms with Crippen molar-refractivity contribution in [1.29, 1.82) is 0 Å². The molecule has 1 N–H and O–H groups in total. The standard InChI is InChI=1S/C24H36ClN3O2/c1-17(23-16-19-3-4-20(23)15-19)26-24(29)18(2)28-11-9-27(10-12-28)13-14-30-22-7-5-21(25)6-8-22/h5-8,17-20,23H,3-4,9-16H2,1-2H3,(H,26,29)/t17-,18-,19-,20-,23+/m0/s1. The number of benzene rings is 1. The van der Waals surface area contributed by atoms with E-state index < -0.39 is 0 Å². The maximum absolute atomic E-state index is 12.9. The number of fused-ring (bicyclic) bond motifs is 2. The predicted octanol–water partition coefficient (Wildman–Crippen LogP) is 3.67. The van der Waals surface area contributed by atoms with Gasteiger partial charge in [0.25, 0.3) is 0 Å². The Morgan fingerprint density at radius 3 is 2.50 bits per heavy atom. The molecule has 2 bridgehead atoms. The molecule has 2 aliphatic carbocycles. The molecule has 1 aromatic carbocycles. The minimum atomic E-state index is -0.0569. The van der Waals surface area contributed by atoms with E-state index in [9.17, 15) is 4.79 Å². The van der Waals surface area contributed by atoms with Crippen molar-refractivity contribution in [2.24, 2.45) is 17.8 Å².